The van der Waals surface area contributed by atoms with Gasteiger partial charge in [-0.15, -0.1) is 0 Å². The topological polar surface area (TPSA) is 87.7 Å². The molecule has 0 saturated heterocycles. The SMILES string of the molecule is CCOC(C)CNC(=O)Nc1c(Br)cc(Br)cc1C(=O)O. The van der Waals surface area contributed by atoms with Crippen LogP contribution in [0.25, 0.3) is 0 Å². The second kappa shape index (κ2) is 8.35. The van der Waals surface area contributed by atoms with Crippen LogP contribution in [0, 0.1) is 0 Å². The van der Waals surface area contributed by atoms with Crippen molar-refractivity contribution in [3.05, 3.63) is 26.6 Å². The molecule has 0 saturated carbocycles. The molecule has 8 heteroatoms. The Kier molecular flexibility index (Phi) is 7.13. The maximum Gasteiger partial charge on any atom is 0.337 e. The van der Waals surface area contributed by atoms with E-state index in [4.69, 9.17) is 4.74 Å². The average Bonchev–Trinajstić information content (AvgIpc) is 2.39. The molecule has 1 aromatic rings. The van der Waals surface area contributed by atoms with Crippen LogP contribution in [-0.2, 0) is 4.74 Å². The number of carboxylic acid groups (broad SMARTS) is 1. The molecular weight excluding hydrogens is 408 g/mol. The van der Waals surface area contributed by atoms with E-state index in [-0.39, 0.29) is 17.4 Å². The lowest BCUT2D eigenvalue weighted by Crippen LogP contribution is -2.35. The minimum atomic E-state index is -1.13. The minimum absolute atomic E-state index is 0.00995. The molecule has 0 fully saturated rings. The van der Waals surface area contributed by atoms with Gasteiger partial charge in [-0.05, 0) is 41.9 Å². The summed E-state index contributed by atoms with van der Waals surface area (Å²) in [6.07, 6.45) is -0.118. The van der Waals surface area contributed by atoms with E-state index < -0.39 is 12.0 Å². The van der Waals surface area contributed by atoms with Crippen molar-refractivity contribution in [2.75, 3.05) is 18.5 Å². The van der Waals surface area contributed by atoms with E-state index in [1.165, 1.54) is 6.07 Å². The lowest BCUT2D eigenvalue weighted by atomic mass is 10.2. The molecule has 0 aliphatic carbocycles. The first-order chi connectivity index (χ1) is 9.85. The number of hydrogen-bond acceptors (Lipinski definition) is 3. The standard InChI is InChI=1S/C13H16Br2N2O4/c1-3-21-7(2)6-16-13(20)17-11-9(12(18)19)4-8(14)5-10(11)15/h4-5,7H,3,6H2,1-2H3,(H,18,19)(H2,16,17,20). The minimum Gasteiger partial charge on any atom is -0.478 e. The lowest BCUT2D eigenvalue weighted by molar-refractivity contribution is 0.0697. The zero-order chi connectivity index (χ0) is 16.0. The van der Waals surface area contributed by atoms with Gasteiger partial charge in [-0.2, -0.15) is 0 Å². The number of nitrogens with one attached hydrogen (secondary N) is 2. The van der Waals surface area contributed by atoms with E-state index in [1.54, 1.807) is 6.07 Å². The van der Waals surface area contributed by atoms with Gasteiger partial charge in [0.1, 0.15) is 0 Å². The molecule has 21 heavy (non-hydrogen) atoms. The van der Waals surface area contributed by atoms with Crippen LogP contribution >= 0.6 is 31.9 Å². The number of ether oxygens (including phenoxy) is 1. The third-order valence-corrected chi connectivity index (χ3v) is 3.61. The summed E-state index contributed by atoms with van der Waals surface area (Å²) in [7, 11) is 0. The van der Waals surface area contributed by atoms with E-state index >= 15 is 0 Å². The number of carbonyl (C=O) groups is 2. The van der Waals surface area contributed by atoms with Crippen molar-refractivity contribution in [1.29, 1.82) is 0 Å². The van der Waals surface area contributed by atoms with Gasteiger partial charge in [0, 0.05) is 22.1 Å². The van der Waals surface area contributed by atoms with Gasteiger partial charge >= 0.3 is 12.0 Å². The second-order valence-electron chi connectivity index (χ2n) is 4.22. The molecular formula is C13H16Br2N2O4. The summed E-state index contributed by atoms with van der Waals surface area (Å²) in [5, 5.41) is 14.3. The Morgan fingerprint density at radius 3 is 2.62 bits per heavy atom. The van der Waals surface area contributed by atoms with Gasteiger partial charge in [0.05, 0.1) is 17.4 Å². The largest absolute Gasteiger partial charge is 0.478 e. The van der Waals surface area contributed by atoms with Crippen LogP contribution in [0.4, 0.5) is 10.5 Å². The summed E-state index contributed by atoms with van der Waals surface area (Å²) < 4.78 is 6.37. The number of carboxylic acids is 1. The van der Waals surface area contributed by atoms with Gasteiger partial charge in [0.25, 0.3) is 0 Å². The molecule has 0 aliphatic rings. The monoisotopic (exact) mass is 422 g/mol. The molecule has 0 bridgehead atoms. The Hall–Kier alpha value is -1.12. The van der Waals surface area contributed by atoms with E-state index in [0.717, 1.165) is 0 Å². The Balaban J connectivity index is 2.78. The van der Waals surface area contributed by atoms with Crippen LogP contribution in [-0.4, -0.2) is 36.4 Å². The van der Waals surface area contributed by atoms with E-state index in [9.17, 15) is 14.7 Å². The highest BCUT2D eigenvalue weighted by Gasteiger charge is 2.17. The highest BCUT2D eigenvalue weighted by Crippen LogP contribution is 2.30. The normalized spacial score (nSPS) is 11.8. The summed E-state index contributed by atoms with van der Waals surface area (Å²) >= 11 is 6.45. The van der Waals surface area contributed by atoms with Crippen molar-refractivity contribution < 1.29 is 19.4 Å². The van der Waals surface area contributed by atoms with Gasteiger partial charge in [-0.1, -0.05) is 15.9 Å². The number of amides is 2. The predicted octanol–water partition coefficient (Wildman–Crippen LogP) is 3.46. The first-order valence-corrected chi connectivity index (χ1v) is 7.82. The number of rotatable bonds is 6. The maximum absolute atomic E-state index is 11.8. The Morgan fingerprint density at radius 2 is 2.05 bits per heavy atom. The third kappa shape index (κ3) is 5.64. The Morgan fingerprint density at radius 1 is 1.38 bits per heavy atom. The van der Waals surface area contributed by atoms with Crippen molar-refractivity contribution in [2.24, 2.45) is 0 Å². The van der Waals surface area contributed by atoms with Gasteiger partial charge < -0.3 is 20.5 Å². The number of aromatic carboxylic acids is 1. The van der Waals surface area contributed by atoms with Crippen LogP contribution in [0.3, 0.4) is 0 Å². The summed E-state index contributed by atoms with van der Waals surface area (Å²) in [4.78, 5) is 23.1. The fourth-order valence-electron chi connectivity index (χ4n) is 1.61. The molecule has 1 unspecified atom stereocenters. The fraction of sp³-hybridized carbons (Fsp3) is 0.385. The van der Waals surface area contributed by atoms with E-state index in [2.05, 4.69) is 42.5 Å². The predicted molar refractivity (Wildman–Crippen MR) is 86.9 cm³/mol. The highest BCUT2D eigenvalue weighted by molar-refractivity contribution is 9.11. The summed E-state index contributed by atoms with van der Waals surface area (Å²) in [6.45, 7) is 4.60. The molecule has 0 aromatic heterocycles. The van der Waals surface area contributed by atoms with Crippen molar-refractivity contribution >= 4 is 49.5 Å². The molecule has 1 rings (SSSR count). The zero-order valence-corrected chi connectivity index (χ0v) is 14.7. The molecule has 1 aromatic carbocycles. The van der Waals surface area contributed by atoms with Crippen molar-refractivity contribution in [3.63, 3.8) is 0 Å². The van der Waals surface area contributed by atoms with Crippen LogP contribution in [0.15, 0.2) is 21.1 Å². The van der Waals surface area contributed by atoms with Crippen molar-refractivity contribution in [2.45, 2.75) is 20.0 Å². The van der Waals surface area contributed by atoms with Gasteiger partial charge in [-0.3, -0.25) is 0 Å². The molecule has 6 nitrogen and oxygen atoms in total. The quantitative estimate of drug-likeness (QED) is 0.653. The van der Waals surface area contributed by atoms with Gasteiger partial charge in [0.2, 0.25) is 0 Å². The van der Waals surface area contributed by atoms with Gasteiger partial charge in [0.15, 0.2) is 0 Å². The first kappa shape index (κ1) is 17.9. The smallest absolute Gasteiger partial charge is 0.337 e. The van der Waals surface area contributed by atoms with Crippen LogP contribution in [0.2, 0.25) is 0 Å². The molecule has 2 amide bonds. The number of anilines is 1. The fourth-order valence-corrected chi connectivity index (χ4v) is 2.93. The number of hydrogen-bond donors (Lipinski definition) is 3. The van der Waals surface area contributed by atoms with Crippen molar-refractivity contribution in [1.82, 2.24) is 5.32 Å². The lowest BCUT2D eigenvalue weighted by Gasteiger charge is -2.15. The first-order valence-electron chi connectivity index (χ1n) is 6.24. The third-order valence-electron chi connectivity index (χ3n) is 2.53. The van der Waals surface area contributed by atoms with Gasteiger partial charge in [-0.25, -0.2) is 9.59 Å². The Bertz CT molecular complexity index is 537. The molecule has 0 heterocycles. The molecule has 0 aliphatic heterocycles. The van der Waals surface area contributed by atoms with Crippen LogP contribution < -0.4 is 10.6 Å². The number of urea groups is 1. The summed E-state index contributed by atoms with van der Waals surface area (Å²) in [5.74, 6) is -1.13. The molecule has 0 spiro atoms. The molecule has 0 radical (unpaired) electrons. The zero-order valence-electron chi connectivity index (χ0n) is 11.6. The van der Waals surface area contributed by atoms with E-state index in [0.29, 0.717) is 22.1 Å². The Labute approximate surface area is 139 Å². The van der Waals surface area contributed by atoms with Crippen molar-refractivity contribution in [3.8, 4) is 0 Å². The number of carbonyl (C=O) groups excluding carboxylic acids is 1. The van der Waals surface area contributed by atoms with Crippen LogP contribution in [0.5, 0.6) is 0 Å². The van der Waals surface area contributed by atoms with E-state index in [1.807, 2.05) is 13.8 Å². The molecule has 116 valence electrons. The summed E-state index contributed by atoms with van der Waals surface area (Å²) in [6, 6.07) is 2.59. The second-order valence-corrected chi connectivity index (χ2v) is 5.99. The van der Waals surface area contributed by atoms with Crippen LogP contribution in [0.1, 0.15) is 24.2 Å². The number of halogens is 2. The summed E-state index contributed by atoms with van der Waals surface area (Å²) in [5.41, 5.74) is 0.191. The highest BCUT2D eigenvalue weighted by atomic mass is 79.9. The average molecular weight is 424 g/mol. The molecule has 3 N–H and O–H groups in total. The maximum atomic E-state index is 11.8. The molecule has 1 atom stereocenters. The number of benzene rings is 1.